The van der Waals surface area contributed by atoms with Crippen LogP contribution in [0.2, 0.25) is 0 Å². The minimum absolute atomic E-state index is 0.0773. The Morgan fingerprint density at radius 3 is 2.29 bits per heavy atom. The Balaban J connectivity index is 1.81. The second kappa shape index (κ2) is 8.73. The Labute approximate surface area is 135 Å². The summed E-state index contributed by atoms with van der Waals surface area (Å²) in [6.45, 7) is 2.76. The Morgan fingerprint density at radius 1 is 0.952 bits per heavy atom. The van der Waals surface area contributed by atoms with Crippen molar-refractivity contribution in [1.29, 1.82) is 0 Å². The quantitative estimate of drug-likeness (QED) is 0.581. The van der Waals surface area contributed by atoms with Crippen molar-refractivity contribution in [3.05, 3.63) is 60.2 Å². The third-order valence-electron chi connectivity index (χ3n) is 3.12. The van der Waals surface area contributed by atoms with Crippen LogP contribution in [0.25, 0.3) is 0 Å². The van der Waals surface area contributed by atoms with Crippen molar-refractivity contribution in [3.8, 4) is 11.5 Å². The zero-order chi connectivity index (χ0) is 14.9. The number of hydrogen-bond acceptors (Lipinski definition) is 2. The summed E-state index contributed by atoms with van der Waals surface area (Å²) in [4.78, 5) is 0. The number of hydrogen-bond donors (Lipinski definition) is 0. The first-order chi connectivity index (χ1) is 10.3. The zero-order valence-corrected chi connectivity index (χ0v) is 13.9. The Bertz CT molecular complexity index is 511. The molecule has 1 unspecified atom stereocenters. The van der Waals surface area contributed by atoms with Crippen molar-refractivity contribution in [2.45, 2.75) is 37.8 Å². The number of ether oxygens (including phenoxy) is 2. The van der Waals surface area contributed by atoms with Crippen LogP contribution in [-0.4, -0.2) is 5.01 Å². The van der Waals surface area contributed by atoms with E-state index in [-0.39, 0.29) is 5.01 Å². The summed E-state index contributed by atoms with van der Waals surface area (Å²) in [6.07, 6.45) is 3.36. The number of benzene rings is 2. The maximum absolute atomic E-state index is 5.80. The van der Waals surface area contributed by atoms with Crippen LogP contribution in [0.15, 0.2) is 54.6 Å². The first-order valence-corrected chi connectivity index (χ1v) is 8.27. The molecule has 2 aromatic carbocycles. The van der Waals surface area contributed by atoms with Crippen LogP contribution >= 0.6 is 15.9 Å². The molecule has 0 N–H and O–H groups in total. The molecule has 2 rings (SSSR count). The van der Waals surface area contributed by atoms with Crippen molar-refractivity contribution in [2.75, 3.05) is 0 Å². The van der Waals surface area contributed by atoms with E-state index < -0.39 is 0 Å². The number of rotatable bonds is 8. The summed E-state index contributed by atoms with van der Waals surface area (Å²) in [5.41, 5.74) is 1.16. The molecule has 2 aromatic rings. The van der Waals surface area contributed by atoms with Crippen LogP contribution in [0.1, 0.15) is 31.7 Å². The number of halogens is 1. The molecule has 1 atom stereocenters. The molecule has 0 aliphatic carbocycles. The smallest absolute Gasteiger partial charge is 0.153 e. The number of unbranched alkanes of at least 4 members (excludes halogenated alkanes) is 1. The van der Waals surface area contributed by atoms with Gasteiger partial charge in [-0.2, -0.15) is 0 Å². The van der Waals surface area contributed by atoms with Gasteiger partial charge in [0.25, 0.3) is 0 Å². The number of alkyl halides is 1. The van der Waals surface area contributed by atoms with E-state index in [9.17, 15) is 0 Å². The lowest BCUT2D eigenvalue weighted by Gasteiger charge is -2.13. The van der Waals surface area contributed by atoms with E-state index in [1.54, 1.807) is 0 Å². The van der Waals surface area contributed by atoms with Crippen LogP contribution in [0, 0.1) is 0 Å². The normalized spacial score (nSPS) is 11.9. The zero-order valence-electron chi connectivity index (χ0n) is 12.3. The lowest BCUT2D eigenvalue weighted by atomic mass is 10.2. The summed E-state index contributed by atoms with van der Waals surface area (Å²) >= 11 is 3.54. The average Bonchev–Trinajstić information content (AvgIpc) is 2.53. The summed E-state index contributed by atoms with van der Waals surface area (Å²) in [6, 6.07) is 17.9. The Kier molecular flexibility index (Phi) is 6.61. The van der Waals surface area contributed by atoms with E-state index >= 15 is 0 Å². The van der Waals surface area contributed by atoms with E-state index in [0.717, 1.165) is 29.9 Å². The summed E-state index contributed by atoms with van der Waals surface area (Å²) in [5, 5.41) is 0.0773. The van der Waals surface area contributed by atoms with Crippen LogP contribution < -0.4 is 9.47 Å². The van der Waals surface area contributed by atoms with Gasteiger partial charge in [0.15, 0.2) is 5.01 Å². The molecule has 3 heteroatoms. The van der Waals surface area contributed by atoms with Gasteiger partial charge in [-0.25, -0.2) is 0 Å². The molecule has 0 aliphatic rings. The highest BCUT2D eigenvalue weighted by atomic mass is 79.9. The van der Waals surface area contributed by atoms with E-state index in [4.69, 9.17) is 9.47 Å². The molecule has 0 aliphatic heterocycles. The average molecular weight is 349 g/mol. The fourth-order valence-corrected chi connectivity index (χ4v) is 2.47. The fourth-order valence-electron chi connectivity index (χ4n) is 1.93. The lowest BCUT2D eigenvalue weighted by molar-refractivity contribution is 0.277. The highest BCUT2D eigenvalue weighted by Gasteiger charge is 2.05. The van der Waals surface area contributed by atoms with Gasteiger partial charge in [0.1, 0.15) is 18.1 Å². The van der Waals surface area contributed by atoms with Gasteiger partial charge >= 0.3 is 0 Å². The van der Waals surface area contributed by atoms with E-state index in [0.29, 0.717) is 6.61 Å². The van der Waals surface area contributed by atoms with Gasteiger partial charge in [-0.05, 0) is 58.6 Å². The predicted molar refractivity (Wildman–Crippen MR) is 90.1 cm³/mol. The van der Waals surface area contributed by atoms with E-state index in [1.807, 2.05) is 42.5 Å². The molecule has 0 bridgehead atoms. The SMILES string of the molecule is CCCCC(Br)Oc1ccc(OCc2ccccc2)cc1. The van der Waals surface area contributed by atoms with Crippen molar-refractivity contribution in [3.63, 3.8) is 0 Å². The van der Waals surface area contributed by atoms with Crippen LogP contribution in [-0.2, 0) is 6.61 Å². The van der Waals surface area contributed by atoms with Crippen LogP contribution in [0.3, 0.4) is 0 Å². The summed E-state index contributed by atoms with van der Waals surface area (Å²) in [5.74, 6) is 1.71. The molecule has 0 aromatic heterocycles. The predicted octanol–water partition coefficient (Wildman–Crippen LogP) is 5.56. The maximum atomic E-state index is 5.80. The Morgan fingerprint density at radius 2 is 1.62 bits per heavy atom. The molecule has 0 saturated heterocycles. The molecule has 21 heavy (non-hydrogen) atoms. The van der Waals surface area contributed by atoms with E-state index in [1.165, 1.54) is 6.42 Å². The molecule has 0 saturated carbocycles. The van der Waals surface area contributed by atoms with Gasteiger partial charge in [-0.15, -0.1) is 0 Å². The highest BCUT2D eigenvalue weighted by Crippen LogP contribution is 2.22. The van der Waals surface area contributed by atoms with Crippen molar-refractivity contribution < 1.29 is 9.47 Å². The first-order valence-electron chi connectivity index (χ1n) is 7.35. The lowest BCUT2D eigenvalue weighted by Crippen LogP contribution is -2.07. The summed E-state index contributed by atoms with van der Waals surface area (Å²) in [7, 11) is 0. The van der Waals surface area contributed by atoms with Crippen molar-refractivity contribution >= 4 is 15.9 Å². The molecular formula is C18H21BrO2. The van der Waals surface area contributed by atoms with Gasteiger partial charge in [0, 0.05) is 0 Å². The van der Waals surface area contributed by atoms with Crippen molar-refractivity contribution in [1.82, 2.24) is 0 Å². The molecule has 0 spiro atoms. The molecule has 0 fully saturated rings. The van der Waals surface area contributed by atoms with Crippen molar-refractivity contribution in [2.24, 2.45) is 0 Å². The largest absolute Gasteiger partial charge is 0.489 e. The van der Waals surface area contributed by atoms with E-state index in [2.05, 4.69) is 35.0 Å². The van der Waals surface area contributed by atoms with Gasteiger partial charge in [0.05, 0.1) is 0 Å². The van der Waals surface area contributed by atoms with Gasteiger partial charge in [-0.3, -0.25) is 0 Å². The van der Waals surface area contributed by atoms with Crippen LogP contribution in [0.4, 0.5) is 0 Å². The van der Waals surface area contributed by atoms with Gasteiger partial charge in [0.2, 0.25) is 0 Å². The van der Waals surface area contributed by atoms with Gasteiger partial charge < -0.3 is 9.47 Å². The van der Waals surface area contributed by atoms with Crippen LogP contribution in [0.5, 0.6) is 11.5 Å². The minimum Gasteiger partial charge on any atom is -0.489 e. The summed E-state index contributed by atoms with van der Waals surface area (Å²) < 4.78 is 11.5. The molecule has 0 amide bonds. The molecular weight excluding hydrogens is 328 g/mol. The maximum Gasteiger partial charge on any atom is 0.153 e. The topological polar surface area (TPSA) is 18.5 Å². The molecule has 0 heterocycles. The molecule has 0 radical (unpaired) electrons. The molecule has 2 nitrogen and oxygen atoms in total. The Hall–Kier alpha value is -1.48. The second-order valence-electron chi connectivity index (χ2n) is 4.92. The third kappa shape index (κ3) is 5.80. The van der Waals surface area contributed by atoms with Gasteiger partial charge in [-0.1, -0.05) is 43.7 Å². The third-order valence-corrected chi connectivity index (χ3v) is 3.77. The first kappa shape index (κ1) is 15.9. The standard InChI is InChI=1S/C18H21BrO2/c1-2-3-9-18(19)21-17-12-10-16(11-13-17)20-14-15-7-5-4-6-8-15/h4-8,10-13,18H,2-3,9,14H2,1H3. The highest BCUT2D eigenvalue weighted by molar-refractivity contribution is 9.09. The fraction of sp³-hybridized carbons (Fsp3) is 0.333. The second-order valence-corrected chi connectivity index (χ2v) is 5.94. The minimum atomic E-state index is 0.0773. The monoisotopic (exact) mass is 348 g/mol. The molecule has 112 valence electrons.